The van der Waals surface area contributed by atoms with E-state index in [0.717, 1.165) is 37.1 Å². The van der Waals surface area contributed by atoms with Crippen LogP contribution in [0.25, 0.3) is 5.69 Å². The van der Waals surface area contributed by atoms with Gasteiger partial charge in [-0.15, -0.1) is 0 Å². The van der Waals surface area contributed by atoms with Gasteiger partial charge in [-0.2, -0.15) is 0 Å². The highest BCUT2D eigenvalue weighted by Gasteiger charge is 2.25. The second-order valence-corrected chi connectivity index (χ2v) is 7.33. The van der Waals surface area contributed by atoms with Crippen molar-refractivity contribution in [2.75, 3.05) is 0 Å². The predicted octanol–water partition coefficient (Wildman–Crippen LogP) is 2.99. The van der Waals surface area contributed by atoms with E-state index in [1.807, 2.05) is 49.4 Å². The highest BCUT2D eigenvalue weighted by atomic mass is 16.5. The lowest BCUT2D eigenvalue weighted by Crippen LogP contribution is -2.40. The molecule has 150 valence electrons. The van der Waals surface area contributed by atoms with Crippen LogP contribution < -0.4 is 15.6 Å². The standard InChI is InChI=1S/C22H24N4O3/c1-15-20(8-5-13-23-15)29-18-11-9-16(10-12-18)24-22(28)19-14-21(27)26(25-19)17-6-3-2-4-7-17/h2-8,13-14,16,18,25H,9-12H2,1H3,(H,24,28). The number of carbonyl (C=O) groups is 1. The number of pyridine rings is 1. The van der Waals surface area contributed by atoms with Gasteiger partial charge in [0.05, 0.1) is 17.5 Å². The van der Waals surface area contributed by atoms with Crippen LogP contribution in [0, 0.1) is 6.92 Å². The number of carbonyl (C=O) groups excluding carboxylic acids is 1. The quantitative estimate of drug-likeness (QED) is 0.699. The monoisotopic (exact) mass is 392 g/mol. The van der Waals surface area contributed by atoms with Crippen LogP contribution in [0.1, 0.15) is 41.9 Å². The Balaban J connectivity index is 1.33. The van der Waals surface area contributed by atoms with Crippen LogP contribution in [0.4, 0.5) is 0 Å². The molecule has 0 bridgehead atoms. The van der Waals surface area contributed by atoms with Crippen molar-refractivity contribution in [3.8, 4) is 11.4 Å². The van der Waals surface area contributed by atoms with Crippen LogP contribution in [-0.4, -0.2) is 32.8 Å². The van der Waals surface area contributed by atoms with E-state index in [1.54, 1.807) is 6.20 Å². The minimum absolute atomic E-state index is 0.0703. The molecular formula is C22H24N4O3. The third-order valence-electron chi connectivity index (χ3n) is 5.24. The second-order valence-electron chi connectivity index (χ2n) is 7.33. The molecule has 2 N–H and O–H groups in total. The molecule has 4 rings (SSSR count). The number of H-pyrrole nitrogens is 1. The molecule has 0 aliphatic heterocycles. The lowest BCUT2D eigenvalue weighted by molar-refractivity contribution is 0.0888. The molecule has 1 aliphatic rings. The summed E-state index contributed by atoms with van der Waals surface area (Å²) >= 11 is 0. The van der Waals surface area contributed by atoms with Gasteiger partial charge in [-0.05, 0) is 56.9 Å². The zero-order chi connectivity index (χ0) is 20.2. The van der Waals surface area contributed by atoms with E-state index in [1.165, 1.54) is 10.7 Å². The van der Waals surface area contributed by atoms with Gasteiger partial charge in [0.25, 0.3) is 11.5 Å². The van der Waals surface area contributed by atoms with Crippen molar-refractivity contribution >= 4 is 5.91 Å². The number of hydrogen-bond acceptors (Lipinski definition) is 4. The van der Waals surface area contributed by atoms with Gasteiger partial charge in [-0.1, -0.05) is 18.2 Å². The maximum absolute atomic E-state index is 12.6. The average molecular weight is 392 g/mol. The molecule has 0 radical (unpaired) electrons. The molecular weight excluding hydrogens is 368 g/mol. The Morgan fingerprint density at radius 3 is 2.62 bits per heavy atom. The van der Waals surface area contributed by atoms with E-state index < -0.39 is 0 Å². The molecule has 0 spiro atoms. The summed E-state index contributed by atoms with van der Waals surface area (Å²) in [5.74, 6) is 0.559. The molecule has 1 aliphatic carbocycles. The Morgan fingerprint density at radius 2 is 1.90 bits per heavy atom. The SMILES string of the molecule is Cc1ncccc1OC1CCC(NC(=O)c2cc(=O)n(-c3ccccc3)[nH]2)CC1. The number of ether oxygens (including phenoxy) is 1. The van der Waals surface area contributed by atoms with Gasteiger partial charge in [0, 0.05) is 18.3 Å². The minimum atomic E-state index is -0.260. The van der Waals surface area contributed by atoms with E-state index in [2.05, 4.69) is 15.4 Å². The van der Waals surface area contributed by atoms with Gasteiger partial charge in [0.1, 0.15) is 11.4 Å². The highest BCUT2D eigenvalue weighted by molar-refractivity contribution is 5.92. The molecule has 7 nitrogen and oxygen atoms in total. The molecule has 1 saturated carbocycles. The molecule has 3 aromatic rings. The summed E-state index contributed by atoms with van der Waals surface area (Å²) in [6, 6.07) is 14.4. The molecule has 1 amide bonds. The van der Waals surface area contributed by atoms with E-state index in [4.69, 9.17) is 4.74 Å². The van der Waals surface area contributed by atoms with Crippen molar-refractivity contribution in [3.05, 3.63) is 76.5 Å². The molecule has 0 atom stereocenters. The van der Waals surface area contributed by atoms with Crippen molar-refractivity contribution < 1.29 is 9.53 Å². The van der Waals surface area contributed by atoms with Gasteiger partial charge >= 0.3 is 0 Å². The van der Waals surface area contributed by atoms with Crippen LogP contribution in [0.2, 0.25) is 0 Å². The molecule has 0 saturated heterocycles. The summed E-state index contributed by atoms with van der Waals surface area (Å²) in [5.41, 5.74) is 1.59. The predicted molar refractivity (Wildman–Crippen MR) is 110 cm³/mol. The summed E-state index contributed by atoms with van der Waals surface area (Å²) in [6.07, 6.45) is 5.27. The van der Waals surface area contributed by atoms with Crippen LogP contribution in [0.3, 0.4) is 0 Å². The number of para-hydroxylation sites is 1. The largest absolute Gasteiger partial charge is 0.489 e. The van der Waals surface area contributed by atoms with Crippen molar-refractivity contribution in [1.82, 2.24) is 20.1 Å². The summed E-state index contributed by atoms with van der Waals surface area (Å²) < 4.78 is 7.44. The normalized spacial score (nSPS) is 18.9. The van der Waals surface area contributed by atoms with Crippen molar-refractivity contribution in [2.24, 2.45) is 0 Å². The van der Waals surface area contributed by atoms with E-state index in [9.17, 15) is 9.59 Å². The summed E-state index contributed by atoms with van der Waals surface area (Å²) in [7, 11) is 0. The first-order valence-electron chi connectivity index (χ1n) is 9.87. The summed E-state index contributed by atoms with van der Waals surface area (Å²) in [6.45, 7) is 1.93. The van der Waals surface area contributed by atoms with Crippen molar-refractivity contribution in [3.63, 3.8) is 0 Å². The zero-order valence-corrected chi connectivity index (χ0v) is 16.3. The maximum Gasteiger partial charge on any atom is 0.271 e. The molecule has 1 aromatic carbocycles. The summed E-state index contributed by atoms with van der Waals surface area (Å²) in [4.78, 5) is 29.1. The number of aromatic amines is 1. The number of nitrogens with zero attached hydrogens (tertiary/aromatic N) is 2. The lowest BCUT2D eigenvalue weighted by Gasteiger charge is -2.29. The number of amides is 1. The fourth-order valence-electron chi connectivity index (χ4n) is 3.64. The number of rotatable bonds is 5. The van der Waals surface area contributed by atoms with Gasteiger partial charge < -0.3 is 10.1 Å². The third kappa shape index (κ3) is 4.39. The van der Waals surface area contributed by atoms with Gasteiger partial charge in [-0.25, -0.2) is 4.68 Å². The Labute approximate surface area is 168 Å². The van der Waals surface area contributed by atoms with Gasteiger partial charge in [0.15, 0.2) is 0 Å². The molecule has 1 fully saturated rings. The molecule has 29 heavy (non-hydrogen) atoms. The number of aromatic nitrogens is 3. The molecule has 7 heteroatoms. The zero-order valence-electron chi connectivity index (χ0n) is 16.3. The van der Waals surface area contributed by atoms with E-state index >= 15 is 0 Å². The smallest absolute Gasteiger partial charge is 0.271 e. The highest BCUT2D eigenvalue weighted by Crippen LogP contribution is 2.25. The number of aryl methyl sites for hydroxylation is 1. The molecule has 0 unspecified atom stereocenters. The van der Waals surface area contributed by atoms with Crippen LogP contribution >= 0.6 is 0 Å². The first-order chi connectivity index (χ1) is 14.1. The Kier molecular flexibility index (Phi) is 5.46. The number of hydrogen-bond donors (Lipinski definition) is 2. The van der Waals surface area contributed by atoms with Crippen LogP contribution in [0.15, 0.2) is 59.5 Å². The topological polar surface area (TPSA) is 89.0 Å². The fourth-order valence-corrected chi connectivity index (χ4v) is 3.64. The Bertz CT molecular complexity index is 1030. The van der Waals surface area contributed by atoms with Crippen molar-refractivity contribution in [1.29, 1.82) is 0 Å². The third-order valence-corrected chi connectivity index (χ3v) is 5.24. The fraction of sp³-hybridized carbons (Fsp3) is 0.318. The second kappa shape index (κ2) is 8.34. The molecule has 2 heterocycles. The average Bonchev–Trinajstić information content (AvgIpc) is 3.14. The van der Waals surface area contributed by atoms with E-state index in [0.29, 0.717) is 5.69 Å². The molecule has 2 aromatic heterocycles. The van der Waals surface area contributed by atoms with Gasteiger partial charge in [0.2, 0.25) is 0 Å². The minimum Gasteiger partial charge on any atom is -0.489 e. The first kappa shape index (κ1) is 19.0. The first-order valence-corrected chi connectivity index (χ1v) is 9.87. The number of nitrogens with one attached hydrogen (secondary N) is 2. The van der Waals surface area contributed by atoms with Crippen LogP contribution in [-0.2, 0) is 0 Å². The number of benzene rings is 1. The lowest BCUT2D eigenvalue weighted by atomic mass is 9.93. The Hall–Kier alpha value is -3.35. The summed E-state index contributed by atoms with van der Waals surface area (Å²) in [5, 5.41) is 5.93. The van der Waals surface area contributed by atoms with Crippen molar-refractivity contribution in [2.45, 2.75) is 44.8 Å². The van der Waals surface area contributed by atoms with E-state index in [-0.39, 0.29) is 29.3 Å². The van der Waals surface area contributed by atoms with Gasteiger partial charge in [-0.3, -0.25) is 19.7 Å². The van der Waals surface area contributed by atoms with Crippen LogP contribution in [0.5, 0.6) is 5.75 Å². The Morgan fingerprint density at radius 1 is 1.14 bits per heavy atom. The maximum atomic E-state index is 12.6.